The fourth-order valence-corrected chi connectivity index (χ4v) is 3.63. The van der Waals surface area contributed by atoms with Gasteiger partial charge in [-0.3, -0.25) is 14.7 Å². The molecule has 0 aromatic heterocycles. The maximum Gasteiger partial charge on any atom is 0.234 e. The second-order valence-electron chi connectivity index (χ2n) is 7.54. The summed E-state index contributed by atoms with van der Waals surface area (Å²) in [6.45, 7) is 7.81. The van der Waals surface area contributed by atoms with Gasteiger partial charge in [0, 0.05) is 50.3 Å². The largest absolute Gasteiger partial charge is 0.357 e. The molecule has 0 bridgehead atoms. The number of aryl methyl sites for hydroxylation is 1. The molecule has 1 heterocycles. The molecule has 1 aromatic carbocycles. The van der Waals surface area contributed by atoms with Gasteiger partial charge in [0.2, 0.25) is 5.91 Å². The minimum Gasteiger partial charge on any atom is -0.357 e. The standard InChI is InChI=1S/C21H32ClN5O.HI/c1-2-23-21(24-11-5-7-17-6-3-4-8-19(17)22)27-14-12-26(13-15-27)16-20(28)25-18-9-10-18;/h3-4,6,8,18H,2,5,7,9-16H2,1H3,(H,23,24)(H,25,28);1H. The van der Waals surface area contributed by atoms with E-state index in [2.05, 4.69) is 33.4 Å². The van der Waals surface area contributed by atoms with Gasteiger partial charge in [-0.15, -0.1) is 24.0 Å². The smallest absolute Gasteiger partial charge is 0.234 e. The van der Waals surface area contributed by atoms with E-state index >= 15 is 0 Å². The first-order chi connectivity index (χ1) is 13.7. The number of carbonyl (C=O) groups excluding carboxylic acids is 1. The lowest BCUT2D eigenvalue weighted by molar-refractivity contribution is -0.122. The highest BCUT2D eigenvalue weighted by atomic mass is 127. The van der Waals surface area contributed by atoms with Gasteiger partial charge in [0.15, 0.2) is 5.96 Å². The number of aliphatic imine (C=N–C) groups is 1. The summed E-state index contributed by atoms with van der Waals surface area (Å²) in [5, 5.41) is 7.31. The van der Waals surface area contributed by atoms with Crippen molar-refractivity contribution in [2.45, 2.75) is 38.6 Å². The summed E-state index contributed by atoms with van der Waals surface area (Å²) in [5.74, 6) is 1.14. The summed E-state index contributed by atoms with van der Waals surface area (Å²) in [7, 11) is 0. The average molecular weight is 534 g/mol. The number of benzene rings is 1. The van der Waals surface area contributed by atoms with Crippen LogP contribution in [-0.4, -0.2) is 73.5 Å². The zero-order valence-corrected chi connectivity index (χ0v) is 20.3. The van der Waals surface area contributed by atoms with E-state index in [9.17, 15) is 4.79 Å². The van der Waals surface area contributed by atoms with Gasteiger partial charge in [-0.2, -0.15) is 0 Å². The van der Waals surface area contributed by atoms with Crippen LogP contribution in [0.1, 0.15) is 31.7 Å². The zero-order chi connectivity index (χ0) is 19.8. The molecule has 29 heavy (non-hydrogen) atoms. The Bertz CT molecular complexity index is 675. The van der Waals surface area contributed by atoms with Gasteiger partial charge in [0.1, 0.15) is 0 Å². The summed E-state index contributed by atoms with van der Waals surface area (Å²) in [4.78, 5) is 21.3. The Balaban J connectivity index is 0.00000300. The van der Waals surface area contributed by atoms with Crippen molar-refractivity contribution >= 4 is 47.4 Å². The second-order valence-corrected chi connectivity index (χ2v) is 7.94. The van der Waals surface area contributed by atoms with Crippen molar-refractivity contribution in [2.75, 3.05) is 45.8 Å². The number of amides is 1. The molecule has 6 nitrogen and oxygen atoms in total. The maximum absolute atomic E-state index is 12.0. The van der Waals surface area contributed by atoms with E-state index in [4.69, 9.17) is 16.6 Å². The predicted octanol–water partition coefficient (Wildman–Crippen LogP) is 2.75. The summed E-state index contributed by atoms with van der Waals surface area (Å²) < 4.78 is 0. The van der Waals surface area contributed by atoms with Gasteiger partial charge >= 0.3 is 0 Å². The Morgan fingerprint density at radius 3 is 2.59 bits per heavy atom. The highest BCUT2D eigenvalue weighted by Gasteiger charge is 2.25. The van der Waals surface area contributed by atoms with Crippen molar-refractivity contribution in [1.29, 1.82) is 0 Å². The first-order valence-electron chi connectivity index (χ1n) is 10.4. The van der Waals surface area contributed by atoms with E-state index in [1.165, 1.54) is 5.56 Å². The molecule has 162 valence electrons. The number of nitrogens with zero attached hydrogens (tertiary/aromatic N) is 3. The normalized spacial score (nSPS) is 17.6. The monoisotopic (exact) mass is 533 g/mol. The van der Waals surface area contributed by atoms with Gasteiger partial charge in [0.25, 0.3) is 0 Å². The SMILES string of the molecule is CCNC(=NCCCc1ccccc1Cl)N1CCN(CC(=O)NC2CC2)CC1.I. The maximum atomic E-state index is 12.0. The lowest BCUT2D eigenvalue weighted by atomic mass is 10.1. The number of hydrogen-bond donors (Lipinski definition) is 2. The average Bonchev–Trinajstić information content (AvgIpc) is 3.50. The molecule has 0 unspecified atom stereocenters. The van der Waals surface area contributed by atoms with Crippen LogP contribution in [0.2, 0.25) is 5.02 Å². The van der Waals surface area contributed by atoms with Gasteiger partial charge in [-0.1, -0.05) is 29.8 Å². The number of nitrogens with one attached hydrogen (secondary N) is 2. The van der Waals surface area contributed by atoms with Crippen LogP contribution in [0.5, 0.6) is 0 Å². The number of halogens is 2. The van der Waals surface area contributed by atoms with E-state index in [0.29, 0.717) is 12.6 Å². The number of carbonyl (C=O) groups is 1. The highest BCUT2D eigenvalue weighted by Crippen LogP contribution is 2.18. The molecule has 2 fully saturated rings. The van der Waals surface area contributed by atoms with Crippen LogP contribution in [-0.2, 0) is 11.2 Å². The summed E-state index contributed by atoms with van der Waals surface area (Å²) in [6.07, 6.45) is 4.18. The van der Waals surface area contributed by atoms with Crippen LogP contribution in [0, 0.1) is 0 Å². The fourth-order valence-electron chi connectivity index (χ4n) is 3.40. The van der Waals surface area contributed by atoms with Crippen molar-refractivity contribution in [1.82, 2.24) is 20.4 Å². The zero-order valence-electron chi connectivity index (χ0n) is 17.2. The van der Waals surface area contributed by atoms with Gasteiger partial charge in [-0.05, 0) is 44.2 Å². The summed E-state index contributed by atoms with van der Waals surface area (Å²) in [5.41, 5.74) is 1.18. The van der Waals surface area contributed by atoms with Crippen molar-refractivity contribution in [3.05, 3.63) is 34.9 Å². The van der Waals surface area contributed by atoms with E-state index in [1.807, 2.05) is 18.2 Å². The van der Waals surface area contributed by atoms with Crippen molar-refractivity contribution < 1.29 is 4.79 Å². The Kier molecular flexibility index (Phi) is 10.5. The van der Waals surface area contributed by atoms with Gasteiger partial charge in [-0.25, -0.2) is 0 Å². The van der Waals surface area contributed by atoms with E-state index in [0.717, 1.165) is 75.9 Å². The lowest BCUT2D eigenvalue weighted by Crippen LogP contribution is -2.54. The van der Waals surface area contributed by atoms with Crippen LogP contribution >= 0.6 is 35.6 Å². The molecule has 1 saturated heterocycles. The quantitative estimate of drug-likeness (QED) is 0.234. The van der Waals surface area contributed by atoms with Crippen LogP contribution in [0.25, 0.3) is 0 Å². The molecule has 8 heteroatoms. The van der Waals surface area contributed by atoms with Crippen LogP contribution in [0.15, 0.2) is 29.3 Å². The third-order valence-electron chi connectivity index (χ3n) is 5.14. The number of hydrogen-bond acceptors (Lipinski definition) is 3. The third kappa shape index (κ3) is 8.30. The Hall–Kier alpha value is -1.06. The topological polar surface area (TPSA) is 60.0 Å². The molecule has 1 aliphatic heterocycles. The second kappa shape index (κ2) is 12.6. The van der Waals surface area contributed by atoms with Crippen LogP contribution in [0.3, 0.4) is 0 Å². The molecule has 2 N–H and O–H groups in total. The molecule has 1 aliphatic carbocycles. The lowest BCUT2D eigenvalue weighted by Gasteiger charge is -2.36. The van der Waals surface area contributed by atoms with Crippen molar-refractivity contribution in [2.24, 2.45) is 4.99 Å². The van der Waals surface area contributed by atoms with Crippen molar-refractivity contribution in [3.8, 4) is 0 Å². The molecular formula is C21H33ClIN5O. The number of piperazine rings is 1. The summed E-state index contributed by atoms with van der Waals surface area (Å²) in [6, 6.07) is 8.44. The van der Waals surface area contributed by atoms with E-state index in [1.54, 1.807) is 0 Å². The first kappa shape index (κ1) is 24.2. The summed E-state index contributed by atoms with van der Waals surface area (Å²) >= 11 is 6.23. The molecule has 1 aromatic rings. The Labute approximate surface area is 196 Å². The molecule has 1 amide bonds. The van der Waals surface area contributed by atoms with Crippen molar-refractivity contribution in [3.63, 3.8) is 0 Å². The third-order valence-corrected chi connectivity index (χ3v) is 5.51. The van der Waals surface area contributed by atoms with Gasteiger partial charge < -0.3 is 15.5 Å². The molecule has 2 aliphatic rings. The fraction of sp³-hybridized carbons (Fsp3) is 0.619. The minimum absolute atomic E-state index is 0. The molecule has 3 rings (SSSR count). The van der Waals surface area contributed by atoms with Crippen LogP contribution in [0.4, 0.5) is 0 Å². The molecule has 0 radical (unpaired) electrons. The predicted molar refractivity (Wildman–Crippen MR) is 130 cm³/mol. The van der Waals surface area contributed by atoms with E-state index in [-0.39, 0.29) is 29.9 Å². The van der Waals surface area contributed by atoms with Gasteiger partial charge in [0.05, 0.1) is 6.54 Å². The minimum atomic E-state index is 0. The molecular weight excluding hydrogens is 501 g/mol. The molecule has 0 atom stereocenters. The highest BCUT2D eigenvalue weighted by molar-refractivity contribution is 14.0. The number of rotatable bonds is 8. The number of guanidine groups is 1. The Morgan fingerprint density at radius 2 is 1.93 bits per heavy atom. The van der Waals surface area contributed by atoms with Crippen LogP contribution < -0.4 is 10.6 Å². The molecule has 1 saturated carbocycles. The Morgan fingerprint density at radius 1 is 1.21 bits per heavy atom. The van der Waals surface area contributed by atoms with E-state index < -0.39 is 0 Å². The molecule has 0 spiro atoms. The first-order valence-corrected chi connectivity index (χ1v) is 10.8.